The summed E-state index contributed by atoms with van der Waals surface area (Å²) >= 11 is 0. The molecule has 1 aromatic carbocycles. The van der Waals surface area contributed by atoms with Crippen molar-refractivity contribution >= 4 is 5.97 Å². The minimum absolute atomic E-state index is 0.00338. The second-order valence-electron chi connectivity index (χ2n) is 5.45. The van der Waals surface area contributed by atoms with Crippen molar-refractivity contribution in [1.82, 2.24) is 9.97 Å². The quantitative estimate of drug-likeness (QED) is 0.736. The third kappa shape index (κ3) is 6.24. The smallest absolute Gasteiger partial charge is 0.344 e. The molecule has 1 atom stereocenters. The maximum atomic E-state index is 11.4. The first-order valence-electron chi connectivity index (χ1n) is 8.07. The van der Waals surface area contributed by atoms with Crippen molar-refractivity contribution in [2.45, 2.75) is 19.4 Å². The van der Waals surface area contributed by atoms with Crippen LogP contribution in [0.1, 0.15) is 18.1 Å². The number of carboxylic acid groups (broad SMARTS) is 1. The molecule has 2 heterocycles. The van der Waals surface area contributed by atoms with E-state index in [1.54, 1.807) is 30.6 Å². The van der Waals surface area contributed by atoms with E-state index < -0.39 is 12.1 Å². The molecule has 2 N–H and O–H groups in total. The summed E-state index contributed by atoms with van der Waals surface area (Å²) in [5, 5.41) is 8.49. The highest BCUT2D eigenvalue weighted by atomic mass is 16.5. The van der Waals surface area contributed by atoms with E-state index in [9.17, 15) is 9.59 Å². The molecule has 0 aliphatic rings. The number of aliphatic carboxylic acids is 1. The van der Waals surface area contributed by atoms with E-state index in [2.05, 4.69) is 9.97 Å². The molecule has 0 saturated heterocycles. The highest BCUT2D eigenvalue weighted by Gasteiger charge is 2.12. The number of hydrogen-bond acceptors (Lipinski definition) is 4. The fraction of sp³-hybridized carbons (Fsp3) is 0.150. The zero-order valence-electron chi connectivity index (χ0n) is 14.3. The van der Waals surface area contributed by atoms with Crippen LogP contribution in [0.15, 0.2) is 77.9 Å². The number of benzene rings is 1. The zero-order chi connectivity index (χ0) is 18.8. The number of nitrogens with one attached hydrogen (secondary N) is 1. The lowest BCUT2D eigenvalue weighted by atomic mass is 10.1. The van der Waals surface area contributed by atoms with Crippen LogP contribution in [0.4, 0.5) is 0 Å². The molecular weight excluding hydrogens is 332 g/mol. The van der Waals surface area contributed by atoms with Crippen LogP contribution in [0.25, 0.3) is 0 Å². The van der Waals surface area contributed by atoms with Gasteiger partial charge in [-0.15, -0.1) is 0 Å². The van der Waals surface area contributed by atoms with E-state index in [0.29, 0.717) is 12.3 Å². The summed E-state index contributed by atoms with van der Waals surface area (Å²) in [6, 6.07) is 18.7. The van der Waals surface area contributed by atoms with Crippen molar-refractivity contribution in [3.8, 4) is 5.88 Å². The monoisotopic (exact) mass is 352 g/mol. The Morgan fingerprint density at radius 1 is 1.12 bits per heavy atom. The number of pyridine rings is 2. The largest absolute Gasteiger partial charge is 0.479 e. The number of ether oxygens (including phenoxy) is 1. The first-order chi connectivity index (χ1) is 12.6. The second-order valence-corrected chi connectivity index (χ2v) is 5.45. The molecule has 3 aromatic rings. The first-order valence-corrected chi connectivity index (χ1v) is 8.07. The molecule has 0 aliphatic carbocycles. The molecule has 0 radical (unpaired) electrons. The molecule has 26 heavy (non-hydrogen) atoms. The van der Waals surface area contributed by atoms with Gasteiger partial charge in [0.25, 0.3) is 5.56 Å². The van der Waals surface area contributed by atoms with Crippen molar-refractivity contribution in [2.75, 3.05) is 0 Å². The average molecular weight is 352 g/mol. The lowest BCUT2D eigenvalue weighted by Gasteiger charge is -2.07. The summed E-state index contributed by atoms with van der Waals surface area (Å²) in [4.78, 5) is 28.2. The fourth-order valence-corrected chi connectivity index (χ4v) is 2.06. The third-order valence-electron chi connectivity index (χ3n) is 3.42. The van der Waals surface area contributed by atoms with Crippen molar-refractivity contribution in [3.05, 3.63) is 94.5 Å². The van der Waals surface area contributed by atoms with Crippen LogP contribution in [0.3, 0.4) is 0 Å². The highest BCUT2D eigenvalue weighted by Crippen LogP contribution is 2.06. The SMILES string of the molecule is CC(Oc1ccccn1)C(=O)O.O=c1[nH]cccc1Cc1ccccc1. The van der Waals surface area contributed by atoms with Crippen LogP contribution in [0, 0.1) is 0 Å². The van der Waals surface area contributed by atoms with Gasteiger partial charge in [0, 0.05) is 30.4 Å². The lowest BCUT2D eigenvalue weighted by Crippen LogP contribution is -2.23. The Labute approximate surface area is 151 Å². The predicted octanol–water partition coefficient (Wildman–Crippen LogP) is 2.90. The Morgan fingerprint density at radius 3 is 2.46 bits per heavy atom. The van der Waals surface area contributed by atoms with Gasteiger partial charge in [-0.05, 0) is 24.6 Å². The van der Waals surface area contributed by atoms with Crippen LogP contribution in [0.2, 0.25) is 0 Å². The van der Waals surface area contributed by atoms with Gasteiger partial charge in [-0.2, -0.15) is 0 Å². The molecule has 6 nitrogen and oxygen atoms in total. The van der Waals surface area contributed by atoms with Gasteiger partial charge >= 0.3 is 5.97 Å². The third-order valence-corrected chi connectivity index (χ3v) is 3.42. The first kappa shape index (κ1) is 18.9. The fourth-order valence-electron chi connectivity index (χ4n) is 2.06. The van der Waals surface area contributed by atoms with Gasteiger partial charge in [0.1, 0.15) is 0 Å². The van der Waals surface area contributed by atoms with E-state index >= 15 is 0 Å². The van der Waals surface area contributed by atoms with E-state index in [4.69, 9.17) is 9.84 Å². The number of carbonyl (C=O) groups is 1. The molecule has 134 valence electrons. The molecule has 0 fully saturated rings. The van der Waals surface area contributed by atoms with E-state index in [1.807, 2.05) is 42.5 Å². The normalized spacial score (nSPS) is 11.0. The number of carboxylic acids is 1. The van der Waals surface area contributed by atoms with Gasteiger partial charge in [0.05, 0.1) is 0 Å². The Balaban J connectivity index is 0.000000190. The Hall–Kier alpha value is -3.41. The topological polar surface area (TPSA) is 92.3 Å². The highest BCUT2D eigenvalue weighted by molar-refractivity contribution is 5.72. The van der Waals surface area contributed by atoms with Gasteiger partial charge in [-0.1, -0.05) is 42.5 Å². The molecule has 0 spiro atoms. The molecule has 0 amide bonds. The van der Waals surface area contributed by atoms with Crippen molar-refractivity contribution in [2.24, 2.45) is 0 Å². The Morgan fingerprint density at radius 2 is 1.85 bits per heavy atom. The maximum absolute atomic E-state index is 11.4. The summed E-state index contributed by atoms with van der Waals surface area (Å²) in [6.07, 6.45) is 3.03. The number of rotatable bonds is 5. The summed E-state index contributed by atoms with van der Waals surface area (Å²) in [6.45, 7) is 1.46. The van der Waals surface area contributed by atoms with Gasteiger partial charge in [-0.25, -0.2) is 9.78 Å². The second kappa shape index (κ2) is 9.78. The number of H-pyrrole nitrogens is 1. The van der Waals surface area contributed by atoms with Crippen molar-refractivity contribution < 1.29 is 14.6 Å². The van der Waals surface area contributed by atoms with Crippen molar-refractivity contribution in [3.63, 3.8) is 0 Å². The molecule has 2 aromatic heterocycles. The summed E-state index contributed by atoms with van der Waals surface area (Å²) in [5.74, 6) is -0.673. The van der Waals surface area contributed by atoms with Crippen LogP contribution in [-0.4, -0.2) is 27.1 Å². The Bertz CT molecular complexity index is 863. The minimum Gasteiger partial charge on any atom is -0.479 e. The molecule has 1 unspecified atom stereocenters. The predicted molar refractivity (Wildman–Crippen MR) is 98.3 cm³/mol. The minimum atomic E-state index is -0.999. The molecule has 6 heteroatoms. The average Bonchev–Trinajstić information content (AvgIpc) is 2.66. The van der Waals surface area contributed by atoms with E-state index in [-0.39, 0.29) is 5.56 Å². The number of hydrogen-bond donors (Lipinski definition) is 2. The summed E-state index contributed by atoms with van der Waals surface area (Å²) < 4.78 is 4.97. The van der Waals surface area contributed by atoms with Gasteiger partial charge in [0.2, 0.25) is 5.88 Å². The van der Waals surface area contributed by atoms with Gasteiger partial charge < -0.3 is 14.8 Å². The summed E-state index contributed by atoms with van der Waals surface area (Å²) in [5.41, 5.74) is 1.96. The molecule has 0 saturated carbocycles. The zero-order valence-corrected chi connectivity index (χ0v) is 14.3. The number of nitrogens with zero attached hydrogens (tertiary/aromatic N) is 1. The van der Waals surface area contributed by atoms with E-state index in [0.717, 1.165) is 11.1 Å². The molecule has 3 rings (SSSR count). The molecule has 0 bridgehead atoms. The van der Waals surface area contributed by atoms with E-state index in [1.165, 1.54) is 6.92 Å². The van der Waals surface area contributed by atoms with Crippen LogP contribution in [0.5, 0.6) is 5.88 Å². The number of aromatic nitrogens is 2. The molecular formula is C20H20N2O4. The Kier molecular flexibility index (Phi) is 7.12. The van der Waals surface area contributed by atoms with Crippen molar-refractivity contribution in [1.29, 1.82) is 0 Å². The van der Waals surface area contributed by atoms with Crippen LogP contribution < -0.4 is 10.3 Å². The molecule has 0 aliphatic heterocycles. The van der Waals surface area contributed by atoms with Crippen LogP contribution >= 0.6 is 0 Å². The van der Waals surface area contributed by atoms with Crippen LogP contribution in [-0.2, 0) is 11.2 Å². The standard InChI is InChI=1S/C12H11NO.C8H9NO3/c14-12-11(7-4-8-13-12)9-10-5-2-1-3-6-10;1-6(8(10)11)12-7-4-2-3-5-9-7/h1-8H,9H2,(H,13,14);2-6H,1H3,(H,10,11). The maximum Gasteiger partial charge on any atom is 0.344 e. The number of aromatic amines is 1. The van der Waals surface area contributed by atoms with Gasteiger partial charge in [0.15, 0.2) is 6.10 Å². The van der Waals surface area contributed by atoms with Gasteiger partial charge in [-0.3, -0.25) is 4.79 Å². The summed E-state index contributed by atoms with van der Waals surface area (Å²) in [7, 11) is 0. The lowest BCUT2D eigenvalue weighted by molar-refractivity contribution is -0.144.